The van der Waals surface area contributed by atoms with E-state index < -0.39 is 0 Å². The van der Waals surface area contributed by atoms with Crippen LogP contribution in [0.25, 0.3) is 0 Å². The van der Waals surface area contributed by atoms with Gasteiger partial charge >= 0.3 is 0 Å². The maximum absolute atomic E-state index is 15.3. The molecule has 0 amide bonds. The molecule has 0 aliphatic rings. The van der Waals surface area contributed by atoms with Crippen LogP contribution in [-0.2, 0) is 51.4 Å². The average molecular weight is 551 g/mol. The molecule has 0 saturated carbocycles. The number of benzene rings is 2. The van der Waals surface area contributed by atoms with E-state index in [4.69, 9.17) is 0 Å². The van der Waals surface area contributed by atoms with Gasteiger partial charge in [0.2, 0.25) is 0 Å². The van der Waals surface area contributed by atoms with Crippen molar-refractivity contribution in [3.05, 3.63) is 55.6 Å². The third kappa shape index (κ3) is 7.12. The smallest absolute Gasteiger partial charge is 0.194 e. The minimum atomic E-state index is 0.142. The number of ketones is 1. The molecule has 2 rings (SSSR count). The second-order valence-electron chi connectivity index (χ2n) is 11.6. The van der Waals surface area contributed by atoms with Gasteiger partial charge in [0.05, 0.1) is 0 Å². The first-order chi connectivity index (χ1) is 19.3. The van der Waals surface area contributed by atoms with Gasteiger partial charge in [0.1, 0.15) is 11.5 Å². The molecule has 0 fully saturated rings. The molecule has 2 aromatic carbocycles. The first-order valence-electron chi connectivity index (χ1n) is 16.6. The molecular formula is C37H58O3. The molecule has 0 radical (unpaired) electrons. The summed E-state index contributed by atoms with van der Waals surface area (Å²) in [5.74, 6) is 1.03. The van der Waals surface area contributed by atoms with Crippen LogP contribution in [0.15, 0.2) is 0 Å². The van der Waals surface area contributed by atoms with Crippen LogP contribution in [-0.4, -0.2) is 16.0 Å². The molecule has 0 atom stereocenters. The summed E-state index contributed by atoms with van der Waals surface area (Å²) in [4.78, 5) is 15.3. The van der Waals surface area contributed by atoms with Crippen LogP contribution in [0.3, 0.4) is 0 Å². The van der Waals surface area contributed by atoms with E-state index >= 15 is 4.79 Å². The molecular weight excluding hydrogens is 492 g/mol. The molecule has 3 heteroatoms. The maximum atomic E-state index is 15.3. The lowest BCUT2D eigenvalue weighted by molar-refractivity contribution is 0.103. The zero-order chi connectivity index (χ0) is 29.8. The summed E-state index contributed by atoms with van der Waals surface area (Å²) in [7, 11) is 0. The Labute approximate surface area is 245 Å². The Hall–Kier alpha value is -2.29. The van der Waals surface area contributed by atoms with Crippen molar-refractivity contribution in [2.75, 3.05) is 0 Å². The Morgan fingerprint density at radius 1 is 0.375 bits per heavy atom. The summed E-state index contributed by atoms with van der Waals surface area (Å²) in [6, 6.07) is 0. The van der Waals surface area contributed by atoms with Gasteiger partial charge in [0, 0.05) is 11.1 Å². The van der Waals surface area contributed by atoms with Crippen LogP contribution in [0.5, 0.6) is 11.5 Å². The van der Waals surface area contributed by atoms with Crippen LogP contribution < -0.4 is 0 Å². The lowest BCUT2D eigenvalue weighted by atomic mass is 9.76. The molecule has 0 unspecified atom stereocenters. The zero-order valence-electron chi connectivity index (χ0n) is 27.1. The molecule has 0 aliphatic carbocycles. The molecule has 0 heterocycles. The SMILES string of the molecule is CCCc1c(O)c(CCC)c(CCC)c(C(=O)c2c(CCC)c(CCC)c(O)c(CCC)c2CCC)c1CCC. The van der Waals surface area contributed by atoms with Crippen LogP contribution in [0.1, 0.15) is 167 Å². The van der Waals surface area contributed by atoms with Gasteiger partial charge in [-0.1, -0.05) is 107 Å². The number of aromatic hydroxyl groups is 2. The molecule has 0 bridgehead atoms. The van der Waals surface area contributed by atoms with Gasteiger partial charge in [-0.25, -0.2) is 0 Å². The Balaban J connectivity index is 3.21. The fourth-order valence-electron chi connectivity index (χ4n) is 6.76. The maximum Gasteiger partial charge on any atom is 0.194 e. The van der Waals surface area contributed by atoms with Gasteiger partial charge in [-0.15, -0.1) is 0 Å². The molecule has 3 nitrogen and oxygen atoms in total. The lowest BCUT2D eigenvalue weighted by Gasteiger charge is -2.27. The normalized spacial score (nSPS) is 11.4. The molecule has 224 valence electrons. The zero-order valence-corrected chi connectivity index (χ0v) is 27.1. The minimum Gasteiger partial charge on any atom is -0.507 e. The van der Waals surface area contributed by atoms with Crippen LogP contribution in [0.4, 0.5) is 0 Å². The number of carbonyl (C=O) groups excluding carboxylic acids is 1. The molecule has 0 aliphatic heterocycles. The first kappa shape index (κ1) is 33.9. The highest BCUT2D eigenvalue weighted by molar-refractivity contribution is 6.14. The highest BCUT2D eigenvalue weighted by atomic mass is 16.3. The van der Waals surface area contributed by atoms with E-state index in [9.17, 15) is 10.2 Å². The minimum absolute atomic E-state index is 0.142. The molecule has 2 N–H and O–H groups in total. The van der Waals surface area contributed by atoms with Crippen molar-refractivity contribution in [1.82, 2.24) is 0 Å². The number of phenolic OH excluding ortho intramolecular Hbond substituents is 2. The van der Waals surface area contributed by atoms with E-state index in [-0.39, 0.29) is 5.78 Å². The second kappa shape index (κ2) is 16.8. The van der Waals surface area contributed by atoms with E-state index in [0.717, 1.165) is 158 Å². The molecule has 0 spiro atoms. The average Bonchev–Trinajstić information content (AvgIpc) is 2.93. The Kier molecular flexibility index (Phi) is 14.3. The number of phenols is 2. The van der Waals surface area contributed by atoms with Crippen molar-refractivity contribution in [3.8, 4) is 11.5 Å². The van der Waals surface area contributed by atoms with E-state index in [1.165, 1.54) is 0 Å². The first-order valence-corrected chi connectivity index (χ1v) is 16.6. The standard InChI is InChI=1S/C37H58O3/c1-9-17-25-29(21-13-5)35(38)30(22-14-6)26(18-10-2)33(25)37(40)34-27(19-11-3)31(23-15-7)36(39)32(24-16-8)28(34)20-12-4/h38-39H,9-24H2,1-8H3. The summed E-state index contributed by atoms with van der Waals surface area (Å²) in [6.45, 7) is 17.3. The predicted molar refractivity (Wildman–Crippen MR) is 172 cm³/mol. The van der Waals surface area contributed by atoms with Crippen molar-refractivity contribution < 1.29 is 15.0 Å². The Morgan fingerprint density at radius 2 is 0.550 bits per heavy atom. The quantitative estimate of drug-likeness (QED) is 0.182. The number of hydrogen-bond acceptors (Lipinski definition) is 3. The second-order valence-corrected chi connectivity index (χ2v) is 11.6. The Morgan fingerprint density at radius 3 is 0.725 bits per heavy atom. The fraction of sp³-hybridized carbons (Fsp3) is 0.649. The number of rotatable bonds is 18. The predicted octanol–water partition coefficient (Wildman–Crippen LogP) is 9.95. The van der Waals surface area contributed by atoms with E-state index in [0.29, 0.717) is 11.5 Å². The van der Waals surface area contributed by atoms with Gasteiger partial charge in [-0.3, -0.25) is 4.79 Å². The molecule has 0 saturated heterocycles. The summed E-state index contributed by atoms with van der Waals surface area (Å²) >= 11 is 0. The summed E-state index contributed by atoms with van der Waals surface area (Å²) in [5, 5.41) is 23.3. The molecule has 2 aromatic rings. The van der Waals surface area contributed by atoms with Gasteiger partial charge in [0.15, 0.2) is 5.78 Å². The van der Waals surface area contributed by atoms with Gasteiger partial charge in [-0.2, -0.15) is 0 Å². The van der Waals surface area contributed by atoms with Crippen molar-refractivity contribution in [2.45, 2.75) is 158 Å². The molecule has 0 aromatic heterocycles. The van der Waals surface area contributed by atoms with Crippen LogP contribution in [0, 0.1) is 0 Å². The van der Waals surface area contributed by atoms with Crippen LogP contribution >= 0.6 is 0 Å². The van der Waals surface area contributed by atoms with Crippen molar-refractivity contribution >= 4 is 5.78 Å². The lowest BCUT2D eigenvalue weighted by Crippen LogP contribution is -2.20. The van der Waals surface area contributed by atoms with Crippen molar-refractivity contribution in [1.29, 1.82) is 0 Å². The number of hydrogen-bond donors (Lipinski definition) is 2. The molecule has 40 heavy (non-hydrogen) atoms. The largest absolute Gasteiger partial charge is 0.507 e. The summed E-state index contributed by atoms with van der Waals surface area (Å²) in [6.07, 6.45) is 13.7. The highest BCUT2D eigenvalue weighted by Crippen LogP contribution is 2.42. The highest BCUT2D eigenvalue weighted by Gasteiger charge is 2.32. The van der Waals surface area contributed by atoms with Crippen molar-refractivity contribution in [2.24, 2.45) is 0 Å². The van der Waals surface area contributed by atoms with Crippen LogP contribution in [0.2, 0.25) is 0 Å². The van der Waals surface area contributed by atoms with E-state index in [1.807, 2.05) is 0 Å². The fourth-order valence-corrected chi connectivity index (χ4v) is 6.76. The summed E-state index contributed by atoms with van der Waals surface area (Å²) in [5.41, 5.74) is 10.0. The van der Waals surface area contributed by atoms with Gasteiger partial charge in [0.25, 0.3) is 0 Å². The monoisotopic (exact) mass is 550 g/mol. The van der Waals surface area contributed by atoms with Gasteiger partial charge in [-0.05, 0) is 95.9 Å². The number of carbonyl (C=O) groups is 1. The van der Waals surface area contributed by atoms with E-state index in [2.05, 4.69) is 55.4 Å². The van der Waals surface area contributed by atoms with Crippen molar-refractivity contribution in [3.63, 3.8) is 0 Å². The topological polar surface area (TPSA) is 57.5 Å². The third-order valence-electron chi connectivity index (χ3n) is 8.26. The van der Waals surface area contributed by atoms with Gasteiger partial charge < -0.3 is 10.2 Å². The Bertz CT molecular complexity index is 964. The summed E-state index contributed by atoms with van der Waals surface area (Å²) < 4.78 is 0. The van der Waals surface area contributed by atoms with E-state index in [1.54, 1.807) is 0 Å². The third-order valence-corrected chi connectivity index (χ3v) is 8.26.